The van der Waals surface area contributed by atoms with Crippen LogP contribution in [-0.2, 0) is 6.54 Å². The summed E-state index contributed by atoms with van der Waals surface area (Å²) in [5.74, 6) is 1.57. The number of furan rings is 1. The Labute approximate surface area is 190 Å². The highest BCUT2D eigenvalue weighted by atomic mass is 35.5. The van der Waals surface area contributed by atoms with Gasteiger partial charge < -0.3 is 8.94 Å². The van der Waals surface area contributed by atoms with E-state index >= 15 is 0 Å². The van der Waals surface area contributed by atoms with Gasteiger partial charge in [-0.05, 0) is 49.4 Å². The Hall–Kier alpha value is -4.24. The molecule has 0 bridgehead atoms. The lowest BCUT2D eigenvalue weighted by Gasteiger charge is -2.12. The van der Waals surface area contributed by atoms with Gasteiger partial charge in [0.05, 0.1) is 23.3 Å². The topological polar surface area (TPSA) is 104 Å². The van der Waals surface area contributed by atoms with E-state index in [1.54, 1.807) is 45.8 Å². The van der Waals surface area contributed by atoms with Crippen LogP contribution in [0.5, 0.6) is 0 Å². The van der Waals surface area contributed by atoms with Gasteiger partial charge in [-0.15, -0.1) is 0 Å². The van der Waals surface area contributed by atoms with Gasteiger partial charge in [0.2, 0.25) is 5.82 Å². The first kappa shape index (κ1) is 19.4. The Balaban J connectivity index is 1.59. The highest BCUT2D eigenvalue weighted by Crippen LogP contribution is 2.27. The normalized spacial score (nSPS) is 11.6. The van der Waals surface area contributed by atoms with Crippen LogP contribution < -0.4 is 5.56 Å². The molecule has 0 radical (unpaired) electrons. The van der Waals surface area contributed by atoms with Gasteiger partial charge in [-0.25, -0.2) is 4.98 Å². The lowest BCUT2D eigenvalue weighted by Crippen LogP contribution is -2.24. The molecule has 0 spiro atoms. The van der Waals surface area contributed by atoms with Crippen molar-refractivity contribution >= 4 is 28.2 Å². The van der Waals surface area contributed by atoms with Gasteiger partial charge in [-0.1, -0.05) is 22.8 Å². The summed E-state index contributed by atoms with van der Waals surface area (Å²) >= 11 is 6.26. The van der Waals surface area contributed by atoms with Gasteiger partial charge in [0.25, 0.3) is 11.4 Å². The fourth-order valence-corrected chi connectivity index (χ4v) is 4.00. The lowest BCUT2D eigenvalue weighted by atomic mass is 10.2. The first-order valence-electron chi connectivity index (χ1n) is 10.1. The summed E-state index contributed by atoms with van der Waals surface area (Å²) in [5, 5.41) is 4.56. The Morgan fingerprint density at radius 2 is 1.97 bits per heavy atom. The number of aromatic nitrogens is 6. The standard InChI is InChI=1S/C23H15ClN6O3/c1-13-5-8-18(32-13)22-27-21(28-33-22)19-20-23(31)29(11-15-4-2-3-9-25-15)17-10-14(24)6-7-16(17)30(20)12-26-19/h2-10,12H,11H2,1H3. The molecule has 6 rings (SSSR count). The summed E-state index contributed by atoms with van der Waals surface area (Å²) in [6.45, 7) is 2.09. The summed E-state index contributed by atoms with van der Waals surface area (Å²) in [6, 6.07) is 14.5. The Morgan fingerprint density at radius 1 is 1.06 bits per heavy atom. The molecule has 0 amide bonds. The number of pyridine rings is 1. The SMILES string of the molecule is Cc1ccc(-c2nc(-c3ncn4c3c(=O)n(Cc3ccccn3)c3cc(Cl)ccc34)no2)o1. The van der Waals surface area contributed by atoms with Crippen LogP contribution in [0.2, 0.25) is 5.02 Å². The van der Waals surface area contributed by atoms with Gasteiger partial charge in [-0.2, -0.15) is 4.98 Å². The molecule has 0 atom stereocenters. The fourth-order valence-electron chi connectivity index (χ4n) is 3.83. The van der Waals surface area contributed by atoms with Crippen molar-refractivity contribution in [2.45, 2.75) is 13.5 Å². The summed E-state index contributed by atoms with van der Waals surface area (Å²) in [5.41, 5.74) is 2.52. The molecule has 1 aromatic carbocycles. The summed E-state index contributed by atoms with van der Waals surface area (Å²) in [6.07, 6.45) is 3.26. The van der Waals surface area contributed by atoms with E-state index in [0.717, 1.165) is 17.0 Å². The molecular weight excluding hydrogens is 444 g/mol. The molecule has 6 aromatic rings. The Bertz CT molecular complexity index is 1700. The number of benzene rings is 1. The van der Waals surface area contributed by atoms with E-state index in [1.165, 1.54) is 0 Å². The number of halogens is 1. The van der Waals surface area contributed by atoms with E-state index in [9.17, 15) is 4.79 Å². The van der Waals surface area contributed by atoms with Crippen molar-refractivity contribution in [3.8, 4) is 23.2 Å². The van der Waals surface area contributed by atoms with Crippen molar-refractivity contribution in [1.82, 2.24) is 29.1 Å². The molecule has 0 aliphatic heterocycles. The quantitative estimate of drug-likeness (QED) is 0.386. The van der Waals surface area contributed by atoms with Gasteiger partial charge in [-0.3, -0.25) is 18.7 Å². The van der Waals surface area contributed by atoms with Crippen LogP contribution in [-0.4, -0.2) is 29.1 Å². The van der Waals surface area contributed by atoms with E-state index in [-0.39, 0.29) is 23.8 Å². The van der Waals surface area contributed by atoms with Gasteiger partial charge in [0, 0.05) is 11.2 Å². The molecule has 5 heterocycles. The minimum atomic E-state index is -0.275. The highest BCUT2D eigenvalue weighted by molar-refractivity contribution is 6.31. The third-order valence-electron chi connectivity index (χ3n) is 5.34. The smallest absolute Gasteiger partial charge is 0.293 e. The summed E-state index contributed by atoms with van der Waals surface area (Å²) in [7, 11) is 0. The van der Waals surface area contributed by atoms with Crippen molar-refractivity contribution in [3.63, 3.8) is 0 Å². The second kappa shape index (κ2) is 7.42. The molecule has 0 saturated carbocycles. The lowest BCUT2D eigenvalue weighted by molar-refractivity contribution is 0.414. The van der Waals surface area contributed by atoms with E-state index in [0.29, 0.717) is 27.5 Å². The number of nitrogens with zero attached hydrogens (tertiary/aromatic N) is 6. The van der Waals surface area contributed by atoms with Crippen molar-refractivity contribution < 1.29 is 8.94 Å². The number of hydrogen-bond donors (Lipinski definition) is 0. The maximum absolute atomic E-state index is 13.7. The predicted octanol–water partition coefficient (Wildman–Crippen LogP) is 4.36. The second-order valence-corrected chi connectivity index (χ2v) is 7.93. The van der Waals surface area contributed by atoms with E-state index < -0.39 is 0 Å². The summed E-state index contributed by atoms with van der Waals surface area (Å²) < 4.78 is 14.3. The number of imidazole rings is 1. The molecule has 10 heteroatoms. The molecule has 0 aliphatic carbocycles. The van der Waals surface area contributed by atoms with Crippen LogP contribution >= 0.6 is 11.6 Å². The average Bonchev–Trinajstić information content (AvgIpc) is 3.56. The number of aryl methyl sites for hydroxylation is 1. The van der Waals surface area contributed by atoms with Crippen LogP contribution in [0.4, 0.5) is 0 Å². The molecule has 162 valence electrons. The zero-order valence-electron chi connectivity index (χ0n) is 17.3. The first-order chi connectivity index (χ1) is 16.1. The first-order valence-corrected chi connectivity index (χ1v) is 10.5. The maximum Gasteiger partial charge on any atom is 0.293 e. The van der Waals surface area contributed by atoms with Gasteiger partial charge in [0.15, 0.2) is 5.76 Å². The van der Waals surface area contributed by atoms with Crippen LogP contribution in [0.3, 0.4) is 0 Å². The van der Waals surface area contributed by atoms with E-state index in [4.69, 9.17) is 20.5 Å². The van der Waals surface area contributed by atoms with Crippen molar-refractivity contribution in [2.24, 2.45) is 0 Å². The Kier molecular flexibility index (Phi) is 4.37. The summed E-state index contributed by atoms with van der Waals surface area (Å²) in [4.78, 5) is 26.9. The molecule has 0 N–H and O–H groups in total. The van der Waals surface area contributed by atoms with Crippen LogP contribution in [0, 0.1) is 6.92 Å². The predicted molar refractivity (Wildman–Crippen MR) is 121 cm³/mol. The molecule has 0 aliphatic rings. The molecule has 33 heavy (non-hydrogen) atoms. The largest absolute Gasteiger partial charge is 0.456 e. The molecule has 9 nitrogen and oxygen atoms in total. The zero-order valence-corrected chi connectivity index (χ0v) is 18.0. The zero-order chi connectivity index (χ0) is 22.5. The molecular formula is C23H15ClN6O3. The third-order valence-corrected chi connectivity index (χ3v) is 5.57. The average molecular weight is 459 g/mol. The Morgan fingerprint density at radius 3 is 2.76 bits per heavy atom. The number of hydrogen-bond acceptors (Lipinski definition) is 7. The van der Waals surface area contributed by atoms with E-state index in [2.05, 4.69) is 20.1 Å². The fraction of sp³-hybridized carbons (Fsp3) is 0.0870. The maximum atomic E-state index is 13.7. The number of fused-ring (bicyclic) bond motifs is 3. The minimum Gasteiger partial charge on any atom is -0.456 e. The monoisotopic (exact) mass is 458 g/mol. The molecule has 0 fully saturated rings. The van der Waals surface area contributed by atoms with Crippen molar-refractivity contribution in [3.05, 3.63) is 87.9 Å². The molecule has 0 unspecified atom stereocenters. The van der Waals surface area contributed by atoms with Crippen molar-refractivity contribution in [2.75, 3.05) is 0 Å². The molecule has 0 saturated heterocycles. The van der Waals surface area contributed by atoms with Crippen LogP contribution in [0.15, 0.2) is 74.8 Å². The van der Waals surface area contributed by atoms with Crippen LogP contribution in [0.25, 0.3) is 39.7 Å². The highest BCUT2D eigenvalue weighted by Gasteiger charge is 2.22. The van der Waals surface area contributed by atoms with Crippen LogP contribution in [0.1, 0.15) is 11.5 Å². The number of rotatable bonds is 4. The minimum absolute atomic E-state index is 0.191. The van der Waals surface area contributed by atoms with E-state index in [1.807, 2.05) is 31.2 Å². The third kappa shape index (κ3) is 3.21. The molecule has 5 aromatic heterocycles. The van der Waals surface area contributed by atoms with Gasteiger partial charge >= 0.3 is 0 Å². The van der Waals surface area contributed by atoms with Crippen molar-refractivity contribution in [1.29, 1.82) is 0 Å². The van der Waals surface area contributed by atoms with Gasteiger partial charge in [0.1, 0.15) is 23.3 Å². The second-order valence-electron chi connectivity index (χ2n) is 7.49.